The number of aromatic nitrogens is 2. The van der Waals surface area contributed by atoms with Gasteiger partial charge in [0.05, 0.1) is 18.4 Å². The number of ether oxygens (including phenoxy) is 1. The number of halogens is 6. The summed E-state index contributed by atoms with van der Waals surface area (Å²) in [6.45, 7) is 4.99. The van der Waals surface area contributed by atoms with Crippen molar-refractivity contribution >= 4 is 23.3 Å². The molecule has 43 heavy (non-hydrogen) atoms. The van der Waals surface area contributed by atoms with Crippen molar-refractivity contribution < 1.29 is 50.9 Å². The number of benzene rings is 1. The van der Waals surface area contributed by atoms with Crippen molar-refractivity contribution in [1.82, 2.24) is 19.6 Å². The van der Waals surface area contributed by atoms with Gasteiger partial charge in [-0.1, -0.05) is 18.2 Å². The molecule has 0 bridgehead atoms. The first-order valence-electron chi connectivity index (χ1n) is 12.9. The molecule has 1 spiro atoms. The Bertz CT molecular complexity index is 1340. The van der Waals surface area contributed by atoms with Crippen LogP contribution in [0.2, 0.25) is 0 Å². The smallest absolute Gasteiger partial charge is 0.482 e. The number of likely N-dealkylation sites (N-methyl/N-ethyl adjacent to an activating group) is 1. The molecule has 3 aromatic rings. The third-order valence-corrected chi connectivity index (χ3v) is 7.51. The van der Waals surface area contributed by atoms with Crippen LogP contribution in [0.3, 0.4) is 0 Å². The monoisotopic (exact) mass is 636 g/mol. The molecule has 9 nitrogen and oxygen atoms in total. The first-order valence-corrected chi connectivity index (χ1v) is 13.8. The van der Waals surface area contributed by atoms with Gasteiger partial charge in [0.25, 0.3) is 0 Å². The standard InChI is InChI=1S/C23H28N4OS.2C2HF3O2/c1-25(2)13-14-27-22-19-7-3-4-8-21(19)28-23(20(22)16-24-27)9-11-26(12-10-23)17-18-6-5-15-29-18;2*3-2(4,5)1(6)7/h3-8,15-16H,9-14,17H2,1-2H3;2*(H,6,7). The molecule has 1 fully saturated rings. The summed E-state index contributed by atoms with van der Waals surface area (Å²) in [7, 11) is 4.22. The summed E-state index contributed by atoms with van der Waals surface area (Å²) in [4.78, 5) is 24.0. The van der Waals surface area contributed by atoms with E-state index >= 15 is 0 Å². The first kappa shape index (κ1) is 33.9. The maximum absolute atomic E-state index is 10.6. The Balaban J connectivity index is 0.000000303. The van der Waals surface area contributed by atoms with Gasteiger partial charge in [0.15, 0.2) is 0 Å². The van der Waals surface area contributed by atoms with E-state index in [1.165, 1.54) is 21.7 Å². The molecular formula is C27H30F6N4O5S. The predicted octanol–water partition coefficient (Wildman–Crippen LogP) is 5.32. The van der Waals surface area contributed by atoms with Crippen LogP contribution in [0.25, 0.3) is 11.3 Å². The highest BCUT2D eigenvalue weighted by molar-refractivity contribution is 7.09. The molecule has 16 heteroatoms. The molecule has 236 valence electrons. The Morgan fingerprint density at radius 2 is 1.58 bits per heavy atom. The van der Waals surface area contributed by atoms with Gasteiger partial charge in [-0.3, -0.25) is 9.58 Å². The second kappa shape index (κ2) is 13.8. The minimum Gasteiger partial charge on any atom is -0.482 e. The topological polar surface area (TPSA) is 108 Å². The highest BCUT2D eigenvalue weighted by Crippen LogP contribution is 2.49. The molecule has 2 aromatic heterocycles. The normalized spacial score (nSPS) is 15.7. The van der Waals surface area contributed by atoms with Gasteiger partial charge in [-0.2, -0.15) is 31.4 Å². The van der Waals surface area contributed by atoms with Crippen molar-refractivity contribution in [3.8, 4) is 17.0 Å². The van der Waals surface area contributed by atoms with E-state index in [1.807, 2.05) is 11.3 Å². The number of nitrogens with zero attached hydrogens (tertiary/aromatic N) is 4. The van der Waals surface area contributed by atoms with Crippen molar-refractivity contribution in [2.45, 2.75) is 43.9 Å². The van der Waals surface area contributed by atoms with E-state index in [0.29, 0.717) is 0 Å². The van der Waals surface area contributed by atoms with Crippen LogP contribution in [0, 0.1) is 0 Å². The number of hydrogen-bond donors (Lipinski definition) is 2. The molecule has 1 aromatic carbocycles. The number of likely N-dealkylation sites (tertiary alicyclic amines) is 1. The van der Waals surface area contributed by atoms with Crippen LogP contribution in [0.5, 0.6) is 5.75 Å². The number of carboxylic acid groups (broad SMARTS) is 2. The lowest BCUT2D eigenvalue weighted by Gasteiger charge is -2.44. The first-order chi connectivity index (χ1) is 20.0. The molecule has 0 saturated carbocycles. The number of carboxylic acids is 2. The van der Waals surface area contributed by atoms with Crippen LogP contribution in [0.1, 0.15) is 23.3 Å². The number of aliphatic carboxylic acids is 2. The summed E-state index contributed by atoms with van der Waals surface area (Å²) >= 11 is 1.84. The van der Waals surface area contributed by atoms with Crippen LogP contribution < -0.4 is 4.74 Å². The minimum atomic E-state index is -5.08. The van der Waals surface area contributed by atoms with Gasteiger partial charge in [-0.25, -0.2) is 9.59 Å². The molecule has 0 radical (unpaired) electrons. The number of carbonyl (C=O) groups is 2. The maximum atomic E-state index is 10.6. The zero-order valence-corrected chi connectivity index (χ0v) is 24.0. The predicted molar refractivity (Wildman–Crippen MR) is 145 cm³/mol. The quantitative estimate of drug-likeness (QED) is 0.363. The van der Waals surface area contributed by atoms with Gasteiger partial charge in [-0.05, 0) is 37.7 Å². The third kappa shape index (κ3) is 8.93. The average molecular weight is 637 g/mol. The molecule has 5 rings (SSSR count). The molecule has 2 aliphatic heterocycles. The summed E-state index contributed by atoms with van der Waals surface area (Å²) in [5, 5.41) is 21.2. The Kier molecular flexibility index (Phi) is 10.8. The fourth-order valence-electron chi connectivity index (χ4n) is 4.55. The van der Waals surface area contributed by atoms with E-state index < -0.39 is 24.3 Å². The minimum absolute atomic E-state index is 0.258. The number of alkyl halides is 6. The summed E-state index contributed by atoms with van der Waals surface area (Å²) < 4.78 is 72.4. The van der Waals surface area contributed by atoms with E-state index in [9.17, 15) is 26.3 Å². The molecule has 0 amide bonds. The summed E-state index contributed by atoms with van der Waals surface area (Å²) in [5.41, 5.74) is 3.43. The van der Waals surface area contributed by atoms with Crippen molar-refractivity contribution in [3.63, 3.8) is 0 Å². The average Bonchev–Trinajstić information content (AvgIpc) is 3.59. The maximum Gasteiger partial charge on any atom is 0.490 e. The van der Waals surface area contributed by atoms with Crippen LogP contribution in [-0.2, 0) is 28.3 Å². The lowest BCUT2D eigenvalue weighted by Crippen LogP contribution is -2.47. The van der Waals surface area contributed by atoms with Gasteiger partial charge in [0.2, 0.25) is 0 Å². The van der Waals surface area contributed by atoms with Gasteiger partial charge in [0, 0.05) is 55.0 Å². The summed E-state index contributed by atoms with van der Waals surface area (Å²) in [6, 6.07) is 12.8. The highest BCUT2D eigenvalue weighted by Gasteiger charge is 2.45. The van der Waals surface area contributed by atoms with Crippen molar-refractivity contribution in [2.24, 2.45) is 0 Å². The third-order valence-electron chi connectivity index (χ3n) is 6.65. The number of fused-ring (bicyclic) bond motifs is 4. The van der Waals surface area contributed by atoms with Crippen LogP contribution in [0.4, 0.5) is 26.3 Å². The number of hydrogen-bond acceptors (Lipinski definition) is 7. The van der Waals surface area contributed by atoms with E-state index in [-0.39, 0.29) is 5.60 Å². The zero-order valence-electron chi connectivity index (χ0n) is 23.2. The molecule has 4 heterocycles. The lowest BCUT2D eigenvalue weighted by atomic mass is 9.81. The van der Waals surface area contributed by atoms with Crippen molar-refractivity contribution in [2.75, 3.05) is 33.7 Å². The molecule has 2 aliphatic rings. The van der Waals surface area contributed by atoms with Crippen molar-refractivity contribution in [3.05, 3.63) is 58.4 Å². The molecule has 1 saturated heterocycles. The van der Waals surface area contributed by atoms with Gasteiger partial charge in [0.1, 0.15) is 11.4 Å². The molecule has 2 N–H and O–H groups in total. The number of thiophene rings is 1. The fraction of sp³-hybridized carbons (Fsp3) is 0.444. The largest absolute Gasteiger partial charge is 0.490 e. The summed E-state index contributed by atoms with van der Waals surface area (Å²) in [5.74, 6) is -4.52. The highest BCUT2D eigenvalue weighted by atomic mass is 32.1. The van der Waals surface area contributed by atoms with Crippen LogP contribution in [0.15, 0.2) is 48.0 Å². The zero-order chi connectivity index (χ0) is 32.0. The van der Waals surface area contributed by atoms with Crippen molar-refractivity contribution in [1.29, 1.82) is 0 Å². The summed E-state index contributed by atoms with van der Waals surface area (Å²) in [6.07, 6.45) is -6.10. The number of piperidine rings is 1. The van der Waals surface area contributed by atoms with Gasteiger partial charge in [-0.15, -0.1) is 11.3 Å². The Morgan fingerprint density at radius 3 is 2.09 bits per heavy atom. The Hall–Kier alpha value is -3.63. The lowest BCUT2D eigenvalue weighted by molar-refractivity contribution is -0.193. The van der Waals surface area contributed by atoms with Crippen LogP contribution >= 0.6 is 11.3 Å². The Morgan fingerprint density at radius 1 is 1.00 bits per heavy atom. The van der Waals surface area contributed by atoms with Crippen LogP contribution in [-0.4, -0.2) is 87.8 Å². The van der Waals surface area contributed by atoms with E-state index in [2.05, 4.69) is 76.6 Å². The SMILES string of the molecule is CN(C)CCn1ncc2c1-c1ccccc1OC21CCN(Cc2cccs2)CC1.O=C(O)C(F)(F)F.O=C(O)C(F)(F)F. The second-order valence-corrected chi connectivity index (χ2v) is 11.0. The van der Waals surface area contributed by atoms with E-state index in [4.69, 9.17) is 29.6 Å². The molecule has 0 atom stereocenters. The fourth-order valence-corrected chi connectivity index (χ4v) is 5.30. The molecular weight excluding hydrogens is 606 g/mol. The van der Waals surface area contributed by atoms with Gasteiger partial charge >= 0.3 is 24.3 Å². The Labute approximate surface area is 246 Å². The number of rotatable bonds is 5. The second-order valence-electron chi connectivity index (χ2n) is 9.99. The number of para-hydroxylation sites is 1. The van der Waals surface area contributed by atoms with E-state index in [1.54, 1.807) is 0 Å². The van der Waals surface area contributed by atoms with E-state index in [0.717, 1.165) is 51.3 Å². The van der Waals surface area contributed by atoms with Gasteiger partial charge < -0.3 is 19.8 Å². The molecule has 0 aliphatic carbocycles. The molecule has 0 unspecified atom stereocenters.